The summed E-state index contributed by atoms with van der Waals surface area (Å²) in [5.41, 5.74) is 6.43. The maximum atomic E-state index is 12.3. The number of nitrogens with one attached hydrogen (secondary N) is 1. The number of methoxy groups -OCH3 is 1. The molecule has 2 aromatic rings. The van der Waals surface area contributed by atoms with Gasteiger partial charge in [0, 0.05) is 11.3 Å². The lowest BCUT2D eigenvalue weighted by atomic mass is 10.1. The average Bonchev–Trinajstić information content (AvgIpc) is 2.47. The van der Waals surface area contributed by atoms with Gasteiger partial charge in [-0.25, -0.2) is 8.42 Å². The van der Waals surface area contributed by atoms with Crippen LogP contribution in [0.5, 0.6) is 5.75 Å². The zero-order chi connectivity index (χ0) is 16.3. The Kier molecular flexibility index (Phi) is 4.37. The molecule has 0 fully saturated rings. The quantitative estimate of drug-likeness (QED) is 0.879. The van der Waals surface area contributed by atoms with Crippen molar-refractivity contribution in [2.24, 2.45) is 5.73 Å². The normalized spacial score (nSPS) is 11.0. The van der Waals surface area contributed by atoms with Crippen LogP contribution in [0.3, 0.4) is 0 Å². The molecule has 0 aliphatic heterocycles. The molecular formula is C15H16N2O4S. The highest BCUT2D eigenvalue weighted by Crippen LogP contribution is 2.21. The fraction of sp³-hybridized carbons (Fsp3) is 0.133. The number of primary amides is 1. The second-order valence-corrected chi connectivity index (χ2v) is 6.36. The van der Waals surface area contributed by atoms with E-state index < -0.39 is 15.9 Å². The smallest absolute Gasteiger partial charge is 0.261 e. The van der Waals surface area contributed by atoms with Gasteiger partial charge in [0.1, 0.15) is 5.75 Å². The van der Waals surface area contributed by atoms with Crippen LogP contribution in [0, 0.1) is 6.92 Å². The van der Waals surface area contributed by atoms with Gasteiger partial charge in [-0.2, -0.15) is 0 Å². The maximum absolute atomic E-state index is 12.3. The van der Waals surface area contributed by atoms with Crippen LogP contribution in [0.25, 0.3) is 0 Å². The lowest BCUT2D eigenvalue weighted by Crippen LogP contribution is -2.17. The summed E-state index contributed by atoms with van der Waals surface area (Å²) < 4.78 is 32.1. The molecule has 2 rings (SSSR count). The van der Waals surface area contributed by atoms with Crippen molar-refractivity contribution < 1.29 is 17.9 Å². The summed E-state index contributed by atoms with van der Waals surface area (Å²) in [5, 5.41) is 0. The molecular weight excluding hydrogens is 304 g/mol. The molecule has 0 bridgehead atoms. The number of carbonyl (C=O) groups is 1. The first-order valence-corrected chi connectivity index (χ1v) is 7.89. The fourth-order valence-electron chi connectivity index (χ4n) is 1.91. The number of sulfonamides is 1. The first-order valence-electron chi connectivity index (χ1n) is 6.41. The summed E-state index contributed by atoms with van der Waals surface area (Å²) in [6, 6.07) is 10.7. The van der Waals surface area contributed by atoms with Crippen LogP contribution in [-0.4, -0.2) is 21.4 Å². The molecule has 0 atom stereocenters. The van der Waals surface area contributed by atoms with E-state index in [9.17, 15) is 13.2 Å². The number of nitrogens with two attached hydrogens (primary N) is 1. The number of ether oxygens (including phenoxy) is 1. The van der Waals surface area contributed by atoms with E-state index in [1.165, 1.54) is 19.2 Å². The van der Waals surface area contributed by atoms with E-state index in [1.54, 1.807) is 37.3 Å². The zero-order valence-corrected chi connectivity index (χ0v) is 13.0. The number of hydrogen-bond acceptors (Lipinski definition) is 4. The van der Waals surface area contributed by atoms with Crippen LogP contribution in [0.4, 0.5) is 5.69 Å². The third-order valence-corrected chi connectivity index (χ3v) is 4.51. The lowest BCUT2D eigenvalue weighted by Gasteiger charge is -2.10. The molecule has 0 saturated heterocycles. The predicted octanol–water partition coefficient (Wildman–Crippen LogP) is 1.90. The number of rotatable bonds is 5. The van der Waals surface area contributed by atoms with Gasteiger partial charge in [0.25, 0.3) is 10.0 Å². The molecule has 0 saturated carbocycles. The Morgan fingerprint density at radius 3 is 2.32 bits per heavy atom. The molecule has 3 N–H and O–H groups in total. The van der Waals surface area contributed by atoms with Gasteiger partial charge in [-0.05, 0) is 48.9 Å². The fourth-order valence-corrected chi connectivity index (χ4v) is 2.99. The van der Waals surface area contributed by atoms with Crippen LogP contribution in [0.15, 0.2) is 47.4 Å². The van der Waals surface area contributed by atoms with E-state index in [0.29, 0.717) is 17.0 Å². The topological polar surface area (TPSA) is 98.5 Å². The summed E-state index contributed by atoms with van der Waals surface area (Å²) in [6.07, 6.45) is 0. The van der Waals surface area contributed by atoms with Crippen LogP contribution in [0.1, 0.15) is 15.9 Å². The largest absolute Gasteiger partial charge is 0.497 e. The Hall–Kier alpha value is -2.54. The van der Waals surface area contributed by atoms with Crippen molar-refractivity contribution >= 4 is 21.6 Å². The van der Waals surface area contributed by atoms with Crippen molar-refractivity contribution in [3.8, 4) is 5.75 Å². The van der Waals surface area contributed by atoms with Crippen LogP contribution >= 0.6 is 0 Å². The van der Waals surface area contributed by atoms with Crippen molar-refractivity contribution in [2.45, 2.75) is 11.8 Å². The summed E-state index contributed by atoms with van der Waals surface area (Å²) in [6.45, 7) is 1.69. The zero-order valence-electron chi connectivity index (χ0n) is 12.2. The Morgan fingerprint density at radius 1 is 1.14 bits per heavy atom. The first kappa shape index (κ1) is 15.8. The van der Waals surface area contributed by atoms with Crippen molar-refractivity contribution in [3.05, 3.63) is 53.6 Å². The molecule has 0 heterocycles. The van der Waals surface area contributed by atoms with Gasteiger partial charge in [-0.3, -0.25) is 9.52 Å². The van der Waals surface area contributed by atoms with Gasteiger partial charge in [-0.15, -0.1) is 0 Å². The molecule has 2 aromatic carbocycles. The first-order chi connectivity index (χ1) is 10.3. The van der Waals surface area contributed by atoms with Gasteiger partial charge in [0.15, 0.2) is 0 Å². The van der Waals surface area contributed by atoms with E-state index >= 15 is 0 Å². The maximum Gasteiger partial charge on any atom is 0.261 e. The lowest BCUT2D eigenvalue weighted by molar-refractivity contribution is 0.0999. The second kappa shape index (κ2) is 6.07. The highest BCUT2D eigenvalue weighted by molar-refractivity contribution is 7.92. The highest BCUT2D eigenvalue weighted by Gasteiger charge is 2.17. The molecule has 7 heteroatoms. The Labute approximate surface area is 129 Å². The van der Waals surface area contributed by atoms with Crippen molar-refractivity contribution in [1.82, 2.24) is 0 Å². The number of aryl methyl sites for hydroxylation is 1. The van der Waals surface area contributed by atoms with Crippen molar-refractivity contribution in [1.29, 1.82) is 0 Å². The molecule has 116 valence electrons. The number of anilines is 1. The minimum absolute atomic E-state index is 0.0253. The summed E-state index contributed by atoms with van der Waals surface area (Å²) in [4.78, 5) is 11.3. The van der Waals surface area contributed by atoms with E-state index in [2.05, 4.69) is 4.72 Å². The standard InChI is InChI=1S/C15H16N2O4S/c1-10-3-8-13(9-14(10)15(16)18)22(19,20)17-11-4-6-12(21-2)7-5-11/h3-9,17H,1-2H3,(H2,16,18). The van der Waals surface area contributed by atoms with Gasteiger partial charge in [0.05, 0.1) is 12.0 Å². The Balaban J connectivity index is 2.33. The molecule has 22 heavy (non-hydrogen) atoms. The molecule has 0 unspecified atom stereocenters. The number of carbonyl (C=O) groups excluding carboxylic acids is 1. The minimum atomic E-state index is -3.80. The Bertz CT molecular complexity index is 799. The molecule has 1 amide bonds. The summed E-state index contributed by atoms with van der Waals surface area (Å²) in [7, 11) is -2.28. The molecule has 0 aromatic heterocycles. The van der Waals surface area contributed by atoms with Crippen molar-refractivity contribution in [2.75, 3.05) is 11.8 Å². The molecule has 0 spiro atoms. The van der Waals surface area contributed by atoms with E-state index in [-0.39, 0.29) is 10.5 Å². The van der Waals surface area contributed by atoms with Gasteiger partial charge in [0.2, 0.25) is 5.91 Å². The molecule has 0 aliphatic rings. The summed E-state index contributed by atoms with van der Waals surface area (Å²) in [5.74, 6) is -0.0479. The van der Waals surface area contributed by atoms with Gasteiger partial charge >= 0.3 is 0 Å². The minimum Gasteiger partial charge on any atom is -0.497 e. The average molecular weight is 320 g/mol. The van der Waals surface area contributed by atoms with Crippen LogP contribution < -0.4 is 15.2 Å². The second-order valence-electron chi connectivity index (χ2n) is 4.67. The monoisotopic (exact) mass is 320 g/mol. The molecule has 0 radical (unpaired) electrons. The molecule has 0 aliphatic carbocycles. The molecule has 6 nitrogen and oxygen atoms in total. The van der Waals surface area contributed by atoms with E-state index in [1.807, 2.05) is 0 Å². The Morgan fingerprint density at radius 2 is 1.77 bits per heavy atom. The SMILES string of the molecule is COc1ccc(NS(=O)(=O)c2ccc(C)c(C(N)=O)c2)cc1. The number of benzene rings is 2. The number of amides is 1. The van der Waals surface area contributed by atoms with Crippen molar-refractivity contribution in [3.63, 3.8) is 0 Å². The van der Waals surface area contributed by atoms with E-state index in [4.69, 9.17) is 10.5 Å². The van der Waals surface area contributed by atoms with Crippen LogP contribution in [0.2, 0.25) is 0 Å². The summed E-state index contributed by atoms with van der Waals surface area (Å²) >= 11 is 0. The van der Waals surface area contributed by atoms with Gasteiger partial charge in [-0.1, -0.05) is 6.07 Å². The third-order valence-electron chi connectivity index (χ3n) is 3.13. The van der Waals surface area contributed by atoms with Crippen LogP contribution in [-0.2, 0) is 10.0 Å². The van der Waals surface area contributed by atoms with E-state index in [0.717, 1.165) is 0 Å². The van der Waals surface area contributed by atoms with Gasteiger partial charge < -0.3 is 10.5 Å². The third kappa shape index (κ3) is 3.37. The highest BCUT2D eigenvalue weighted by atomic mass is 32.2. The number of hydrogen-bond donors (Lipinski definition) is 2. The predicted molar refractivity (Wildman–Crippen MR) is 83.5 cm³/mol.